The Kier molecular flexibility index (Phi) is 3.20. The molecule has 2 aromatic heterocycles. The van der Waals surface area contributed by atoms with Gasteiger partial charge < -0.3 is 26.0 Å². The summed E-state index contributed by atoms with van der Waals surface area (Å²) in [5.41, 5.74) is 6.38. The van der Waals surface area contributed by atoms with Crippen LogP contribution < -0.4 is 11.1 Å². The summed E-state index contributed by atoms with van der Waals surface area (Å²) in [4.78, 5) is 23.5. The van der Waals surface area contributed by atoms with Crippen molar-refractivity contribution in [3.8, 4) is 0 Å². The molecule has 1 aliphatic rings. The second kappa shape index (κ2) is 4.91. The van der Waals surface area contributed by atoms with Crippen molar-refractivity contribution in [3.05, 3.63) is 12.7 Å². The monoisotopic (exact) mass is 294 g/mol. The maximum Gasteiger partial charge on any atom is 0.251 e. The molecule has 21 heavy (non-hydrogen) atoms. The fraction of sp³-hybridized carbons (Fsp3) is 0.455. The van der Waals surface area contributed by atoms with Gasteiger partial charge in [-0.15, -0.1) is 0 Å². The van der Waals surface area contributed by atoms with Crippen LogP contribution in [-0.4, -0.2) is 61.0 Å². The van der Waals surface area contributed by atoms with Crippen LogP contribution in [0, 0.1) is 0 Å². The van der Waals surface area contributed by atoms with Gasteiger partial charge in [0.1, 0.15) is 24.1 Å². The first-order valence-electron chi connectivity index (χ1n) is 6.20. The topological polar surface area (TPSA) is 148 Å². The fourth-order valence-corrected chi connectivity index (χ4v) is 2.30. The third-order valence-electron chi connectivity index (χ3n) is 3.40. The number of rotatable bonds is 2. The Hall–Kier alpha value is -2.30. The number of aliphatic hydroxyl groups is 2. The highest BCUT2D eigenvalue weighted by Crippen LogP contribution is 2.31. The third kappa shape index (κ3) is 2.00. The van der Waals surface area contributed by atoms with E-state index in [2.05, 4.69) is 20.3 Å². The molecule has 2 aromatic rings. The van der Waals surface area contributed by atoms with E-state index in [-0.39, 0.29) is 5.82 Å². The molecule has 0 spiro atoms. The number of amides is 1. The molecule has 0 bridgehead atoms. The highest BCUT2D eigenvalue weighted by atomic mass is 16.6. The predicted molar refractivity (Wildman–Crippen MR) is 69.7 cm³/mol. The number of imidazole rings is 1. The molecule has 1 aliphatic heterocycles. The molecule has 0 radical (unpaired) electrons. The largest absolute Gasteiger partial charge is 0.387 e. The number of anilines is 1. The average molecular weight is 294 g/mol. The molecule has 4 atom stereocenters. The van der Waals surface area contributed by atoms with Gasteiger partial charge in [-0.05, 0) is 0 Å². The number of carbonyl (C=O) groups excluding carboxylic acids is 1. The average Bonchev–Trinajstić information content (AvgIpc) is 3.02. The molecule has 3 heterocycles. The van der Waals surface area contributed by atoms with Crippen LogP contribution in [0.1, 0.15) is 6.23 Å². The number of aromatic nitrogens is 4. The van der Waals surface area contributed by atoms with Crippen LogP contribution in [0.3, 0.4) is 0 Å². The molecule has 0 aromatic carbocycles. The smallest absolute Gasteiger partial charge is 0.251 e. The number of nitrogens with two attached hydrogens (primary N) is 1. The zero-order valence-corrected chi connectivity index (χ0v) is 11.0. The van der Waals surface area contributed by atoms with Crippen LogP contribution in [0.4, 0.5) is 5.82 Å². The molecule has 1 saturated heterocycles. The zero-order valence-electron chi connectivity index (χ0n) is 11.0. The zero-order chi connectivity index (χ0) is 15.1. The Morgan fingerprint density at radius 2 is 2.14 bits per heavy atom. The minimum atomic E-state index is -1.36. The highest BCUT2D eigenvalue weighted by Gasteiger charge is 2.47. The van der Waals surface area contributed by atoms with E-state index in [0.717, 1.165) is 0 Å². The van der Waals surface area contributed by atoms with Crippen LogP contribution in [0.5, 0.6) is 0 Å². The van der Waals surface area contributed by atoms with Gasteiger partial charge in [0.2, 0.25) is 0 Å². The Bertz CT molecular complexity index is 688. The van der Waals surface area contributed by atoms with E-state index in [0.29, 0.717) is 11.2 Å². The SMILES string of the molecule is CNC(=O)[C@H]1O[C@@H](n2cnc3c(N)ncnc32)[C@@H](O)[C@H]1O. The van der Waals surface area contributed by atoms with Gasteiger partial charge in [0.05, 0.1) is 6.33 Å². The standard InChI is InChI=1S/C11H14N6O4/c1-13-10(20)7-5(18)6(19)11(21-7)17-3-16-4-8(12)14-2-15-9(4)17/h2-3,5-7,11,18-19H,1H3,(H,13,20)(H2,12,14,15)/t5-,6+,7+,11-/m1/s1. The number of hydrogen-bond acceptors (Lipinski definition) is 8. The number of nitrogen functional groups attached to an aromatic ring is 1. The Labute approximate surface area is 118 Å². The molecule has 1 amide bonds. The summed E-state index contributed by atoms with van der Waals surface area (Å²) < 4.78 is 6.85. The number of nitrogens with one attached hydrogen (secondary N) is 1. The number of hydrogen-bond donors (Lipinski definition) is 4. The van der Waals surface area contributed by atoms with Gasteiger partial charge in [-0.2, -0.15) is 0 Å². The Balaban J connectivity index is 2.00. The van der Waals surface area contributed by atoms with Gasteiger partial charge >= 0.3 is 0 Å². The van der Waals surface area contributed by atoms with Crippen LogP contribution in [0.25, 0.3) is 11.2 Å². The number of aliphatic hydroxyl groups excluding tert-OH is 2. The van der Waals surface area contributed by atoms with E-state index >= 15 is 0 Å². The third-order valence-corrected chi connectivity index (χ3v) is 3.40. The van der Waals surface area contributed by atoms with Crippen LogP contribution >= 0.6 is 0 Å². The van der Waals surface area contributed by atoms with E-state index in [1.165, 1.54) is 24.3 Å². The van der Waals surface area contributed by atoms with Crippen molar-refractivity contribution in [2.24, 2.45) is 0 Å². The first kappa shape index (κ1) is 13.7. The number of likely N-dealkylation sites (N-methyl/N-ethyl adjacent to an activating group) is 1. The summed E-state index contributed by atoms with van der Waals surface area (Å²) in [5.74, 6) is -0.336. The predicted octanol–water partition coefficient (Wildman–Crippen LogP) is -2.23. The molecule has 10 heteroatoms. The lowest BCUT2D eigenvalue weighted by molar-refractivity contribution is -0.137. The molecule has 3 rings (SSSR count). The van der Waals surface area contributed by atoms with Crippen molar-refractivity contribution in [1.29, 1.82) is 0 Å². The van der Waals surface area contributed by atoms with Crippen molar-refractivity contribution in [2.45, 2.75) is 24.5 Å². The maximum absolute atomic E-state index is 11.6. The molecule has 0 unspecified atom stereocenters. The number of nitrogens with zero attached hydrogens (tertiary/aromatic N) is 4. The normalized spacial score (nSPS) is 28.9. The van der Waals surface area contributed by atoms with Crippen LogP contribution in [-0.2, 0) is 9.53 Å². The quantitative estimate of drug-likeness (QED) is 0.486. The molecular formula is C11H14N6O4. The summed E-state index contributed by atoms with van der Waals surface area (Å²) in [5, 5.41) is 22.4. The molecule has 112 valence electrons. The minimum absolute atomic E-state index is 0.189. The number of carbonyl (C=O) groups is 1. The lowest BCUT2D eigenvalue weighted by Crippen LogP contribution is -2.41. The molecule has 5 N–H and O–H groups in total. The van der Waals surface area contributed by atoms with Gasteiger partial charge in [0.25, 0.3) is 5.91 Å². The summed E-state index contributed by atoms with van der Waals surface area (Å²) in [6.07, 6.45) is -2.22. The van der Waals surface area contributed by atoms with E-state index in [4.69, 9.17) is 10.5 Å². The molecule has 1 fully saturated rings. The molecule has 10 nitrogen and oxygen atoms in total. The van der Waals surface area contributed by atoms with E-state index in [1.54, 1.807) is 0 Å². The van der Waals surface area contributed by atoms with Crippen LogP contribution in [0.2, 0.25) is 0 Å². The van der Waals surface area contributed by atoms with Gasteiger partial charge in [0.15, 0.2) is 23.8 Å². The molecule has 0 aliphatic carbocycles. The molecular weight excluding hydrogens is 280 g/mol. The van der Waals surface area contributed by atoms with Crippen LogP contribution in [0.15, 0.2) is 12.7 Å². The maximum atomic E-state index is 11.6. The van der Waals surface area contributed by atoms with Gasteiger partial charge in [-0.3, -0.25) is 9.36 Å². The second-order valence-electron chi connectivity index (χ2n) is 4.63. The van der Waals surface area contributed by atoms with Crippen molar-refractivity contribution in [1.82, 2.24) is 24.8 Å². The summed E-state index contributed by atoms with van der Waals surface area (Å²) in [6, 6.07) is 0. The first-order valence-corrected chi connectivity index (χ1v) is 6.20. The van der Waals surface area contributed by atoms with E-state index in [9.17, 15) is 15.0 Å². The number of ether oxygens (including phenoxy) is 1. The van der Waals surface area contributed by atoms with Crippen molar-refractivity contribution in [3.63, 3.8) is 0 Å². The van der Waals surface area contributed by atoms with Crippen molar-refractivity contribution in [2.75, 3.05) is 12.8 Å². The van der Waals surface area contributed by atoms with E-state index in [1.807, 2.05) is 0 Å². The van der Waals surface area contributed by atoms with Gasteiger partial charge in [0, 0.05) is 7.05 Å². The second-order valence-corrected chi connectivity index (χ2v) is 4.63. The Morgan fingerprint density at radius 3 is 2.86 bits per heavy atom. The van der Waals surface area contributed by atoms with Crippen molar-refractivity contribution >= 4 is 22.9 Å². The van der Waals surface area contributed by atoms with Gasteiger partial charge in [-0.25, -0.2) is 15.0 Å². The summed E-state index contributed by atoms with van der Waals surface area (Å²) in [6.45, 7) is 0. The van der Waals surface area contributed by atoms with Crippen molar-refractivity contribution < 1.29 is 19.7 Å². The first-order chi connectivity index (χ1) is 10.0. The Morgan fingerprint density at radius 1 is 1.38 bits per heavy atom. The lowest BCUT2D eigenvalue weighted by atomic mass is 10.1. The van der Waals surface area contributed by atoms with Gasteiger partial charge in [-0.1, -0.05) is 0 Å². The number of fused-ring (bicyclic) bond motifs is 1. The highest BCUT2D eigenvalue weighted by molar-refractivity contribution is 5.82. The van der Waals surface area contributed by atoms with E-state index < -0.39 is 30.4 Å². The molecule has 0 saturated carbocycles. The lowest BCUT2D eigenvalue weighted by Gasteiger charge is -2.16. The summed E-state index contributed by atoms with van der Waals surface area (Å²) in [7, 11) is 1.42. The fourth-order valence-electron chi connectivity index (χ4n) is 2.30. The minimum Gasteiger partial charge on any atom is -0.387 e. The summed E-state index contributed by atoms with van der Waals surface area (Å²) >= 11 is 0.